The maximum atomic E-state index is 6.36. The van der Waals surface area contributed by atoms with Gasteiger partial charge in [0.05, 0.1) is 16.4 Å². The Balaban J connectivity index is 2.01. The molecule has 1 aliphatic rings. The second kappa shape index (κ2) is 5.40. The van der Waals surface area contributed by atoms with Crippen molar-refractivity contribution in [1.82, 2.24) is 15.1 Å². The van der Waals surface area contributed by atoms with Crippen molar-refractivity contribution in [2.45, 2.75) is 59.2 Å². The molecule has 0 spiro atoms. The van der Waals surface area contributed by atoms with Crippen LogP contribution in [0.2, 0.25) is 5.02 Å². The average molecular weight is 256 g/mol. The summed E-state index contributed by atoms with van der Waals surface area (Å²) < 4.78 is 2.02. The van der Waals surface area contributed by atoms with E-state index in [9.17, 15) is 0 Å². The third-order valence-corrected chi connectivity index (χ3v) is 4.06. The summed E-state index contributed by atoms with van der Waals surface area (Å²) in [6, 6.07) is 0.673. The highest BCUT2D eigenvalue weighted by molar-refractivity contribution is 6.31. The van der Waals surface area contributed by atoms with E-state index in [-0.39, 0.29) is 0 Å². The van der Waals surface area contributed by atoms with E-state index >= 15 is 0 Å². The molecule has 96 valence electrons. The summed E-state index contributed by atoms with van der Waals surface area (Å²) in [6.45, 7) is 8.24. The molecule has 0 radical (unpaired) electrons. The molecule has 0 saturated heterocycles. The van der Waals surface area contributed by atoms with Crippen LogP contribution in [-0.4, -0.2) is 15.8 Å². The maximum Gasteiger partial charge on any atom is 0.0863 e. The summed E-state index contributed by atoms with van der Waals surface area (Å²) in [5, 5.41) is 8.96. The fourth-order valence-electron chi connectivity index (χ4n) is 2.50. The molecule has 1 aliphatic carbocycles. The molecule has 0 atom stereocenters. The van der Waals surface area contributed by atoms with E-state index in [0.717, 1.165) is 41.8 Å². The first-order chi connectivity index (χ1) is 8.15. The van der Waals surface area contributed by atoms with Crippen LogP contribution in [0.3, 0.4) is 0 Å². The predicted octanol–water partition coefficient (Wildman–Crippen LogP) is 3.01. The van der Waals surface area contributed by atoms with E-state index in [1.54, 1.807) is 0 Å². The van der Waals surface area contributed by atoms with Crippen LogP contribution in [-0.2, 0) is 19.5 Å². The molecule has 1 N–H and O–H groups in total. The van der Waals surface area contributed by atoms with E-state index in [0.29, 0.717) is 6.04 Å². The van der Waals surface area contributed by atoms with Crippen LogP contribution < -0.4 is 5.32 Å². The second-order valence-electron chi connectivity index (χ2n) is 5.03. The van der Waals surface area contributed by atoms with Gasteiger partial charge in [0.15, 0.2) is 0 Å². The molecule has 0 bridgehead atoms. The summed E-state index contributed by atoms with van der Waals surface area (Å²) >= 11 is 6.36. The van der Waals surface area contributed by atoms with Crippen LogP contribution in [0.5, 0.6) is 0 Å². The number of nitrogens with zero attached hydrogens (tertiary/aromatic N) is 2. The lowest BCUT2D eigenvalue weighted by Gasteiger charge is -2.33. The number of aryl methyl sites for hydroxylation is 2. The largest absolute Gasteiger partial charge is 0.308 e. The van der Waals surface area contributed by atoms with Crippen molar-refractivity contribution in [3.05, 3.63) is 16.4 Å². The number of rotatable bonds is 5. The molecule has 0 unspecified atom stereocenters. The van der Waals surface area contributed by atoms with Crippen LogP contribution in [0.1, 0.15) is 45.0 Å². The molecular formula is C13H22ClN3. The molecule has 1 aromatic heterocycles. The third-order valence-electron chi connectivity index (χ3n) is 3.63. The summed E-state index contributed by atoms with van der Waals surface area (Å²) in [7, 11) is 0. The Kier molecular flexibility index (Phi) is 4.10. The number of halogens is 1. The number of hydrogen-bond donors (Lipinski definition) is 1. The summed E-state index contributed by atoms with van der Waals surface area (Å²) in [4.78, 5) is 0. The molecule has 3 nitrogen and oxygen atoms in total. The Morgan fingerprint density at radius 3 is 2.65 bits per heavy atom. The van der Waals surface area contributed by atoms with Crippen LogP contribution in [0, 0.1) is 5.92 Å². The SMILES string of the molecule is CCc1nn(CC)c(CNC2CC(C)C2)c1Cl. The van der Waals surface area contributed by atoms with Gasteiger partial charge in [-0.3, -0.25) is 4.68 Å². The zero-order valence-electron chi connectivity index (χ0n) is 11.0. The molecule has 1 fully saturated rings. The quantitative estimate of drug-likeness (QED) is 0.877. The highest BCUT2D eigenvalue weighted by Crippen LogP contribution is 2.27. The lowest BCUT2D eigenvalue weighted by Crippen LogP contribution is -2.40. The lowest BCUT2D eigenvalue weighted by atomic mass is 9.82. The van der Waals surface area contributed by atoms with E-state index in [1.165, 1.54) is 12.8 Å². The predicted molar refractivity (Wildman–Crippen MR) is 71.3 cm³/mol. The monoisotopic (exact) mass is 255 g/mol. The van der Waals surface area contributed by atoms with Crippen molar-refractivity contribution in [1.29, 1.82) is 0 Å². The van der Waals surface area contributed by atoms with Crippen LogP contribution in [0.25, 0.3) is 0 Å². The van der Waals surface area contributed by atoms with Crippen molar-refractivity contribution >= 4 is 11.6 Å². The normalized spacial score (nSPS) is 23.8. The Morgan fingerprint density at radius 1 is 1.41 bits per heavy atom. The molecule has 17 heavy (non-hydrogen) atoms. The fourth-order valence-corrected chi connectivity index (χ4v) is 2.83. The zero-order valence-corrected chi connectivity index (χ0v) is 11.7. The van der Waals surface area contributed by atoms with Crippen molar-refractivity contribution in [2.24, 2.45) is 5.92 Å². The minimum Gasteiger partial charge on any atom is -0.308 e. The standard InChI is InChI=1S/C13H22ClN3/c1-4-11-13(14)12(17(5-2)16-11)8-15-10-6-9(3)7-10/h9-10,15H,4-8H2,1-3H3. The van der Waals surface area contributed by atoms with Crippen molar-refractivity contribution in [3.63, 3.8) is 0 Å². The van der Waals surface area contributed by atoms with Crippen molar-refractivity contribution in [2.75, 3.05) is 0 Å². The van der Waals surface area contributed by atoms with Gasteiger partial charge < -0.3 is 5.32 Å². The highest BCUT2D eigenvalue weighted by atomic mass is 35.5. The van der Waals surface area contributed by atoms with E-state index in [4.69, 9.17) is 11.6 Å². The van der Waals surface area contributed by atoms with Gasteiger partial charge in [-0.1, -0.05) is 25.4 Å². The molecule has 2 rings (SSSR count). The summed E-state index contributed by atoms with van der Waals surface area (Å²) in [6.07, 6.45) is 3.48. The molecule has 0 aliphatic heterocycles. The van der Waals surface area contributed by atoms with Crippen LogP contribution in [0.15, 0.2) is 0 Å². The fraction of sp³-hybridized carbons (Fsp3) is 0.769. The maximum absolute atomic E-state index is 6.36. The van der Waals surface area contributed by atoms with Gasteiger partial charge in [0.25, 0.3) is 0 Å². The molecule has 0 aromatic carbocycles. The van der Waals surface area contributed by atoms with Gasteiger partial charge >= 0.3 is 0 Å². The van der Waals surface area contributed by atoms with Crippen LogP contribution in [0.4, 0.5) is 0 Å². The first-order valence-corrected chi connectivity index (χ1v) is 7.00. The first-order valence-electron chi connectivity index (χ1n) is 6.63. The summed E-state index contributed by atoms with van der Waals surface area (Å²) in [5.74, 6) is 0.880. The smallest absolute Gasteiger partial charge is 0.0863 e. The lowest BCUT2D eigenvalue weighted by molar-refractivity contribution is 0.238. The molecule has 0 amide bonds. The van der Waals surface area contributed by atoms with Gasteiger partial charge in [0.1, 0.15) is 0 Å². The van der Waals surface area contributed by atoms with Gasteiger partial charge in [-0.2, -0.15) is 5.10 Å². The van der Waals surface area contributed by atoms with Crippen molar-refractivity contribution in [3.8, 4) is 0 Å². The molecule has 1 aromatic rings. The Hall–Kier alpha value is -0.540. The van der Waals surface area contributed by atoms with E-state index in [2.05, 4.69) is 31.2 Å². The molecular weight excluding hydrogens is 234 g/mol. The van der Waals surface area contributed by atoms with Gasteiger partial charge in [0, 0.05) is 19.1 Å². The van der Waals surface area contributed by atoms with Gasteiger partial charge in [0.2, 0.25) is 0 Å². The summed E-state index contributed by atoms with van der Waals surface area (Å²) in [5.41, 5.74) is 2.16. The topological polar surface area (TPSA) is 29.9 Å². The van der Waals surface area contributed by atoms with E-state index in [1.807, 2.05) is 4.68 Å². The van der Waals surface area contributed by atoms with Gasteiger partial charge in [-0.05, 0) is 32.1 Å². The first kappa shape index (κ1) is 12.9. The zero-order chi connectivity index (χ0) is 12.4. The van der Waals surface area contributed by atoms with Crippen LogP contribution >= 0.6 is 11.6 Å². The second-order valence-corrected chi connectivity index (χ2v) is 5.41. The Morgan fingerprint density at radius 2 is 2.12 bits per heavy atom. The Bertz CT molecular complexity index is 380. The molecule has 1 saturated carbocycles. The van der Waals surface area contributed by atoms with Gasteiger partial charge in [-0.25, -0.2) is 0 Å². The minimum atomic E-state index is 0.673. The third kappa shape index (κ3) is 2.66. The van der Waals surface area contributed by atoms with Gasteiger partial charge in [-0.15, -0.1) is 0 Å². The minimum absolute atomic E-state index is 0.673. The highest BCUT2D eigenvalue weighted by Gasteiger charge is 2.25. The van der Waals surface area contributed by atoms with E-state index < -0.39 is 0 Å². The Labute approximate surface area is 109 Å². The molecule has 4 heteroatoms. The number of aromatic nitrogens is 2. The number of nitrogens with one attached hydrogen (secondary N) is 1. The molecule has 1 heterocycles. The average Bonchev–Trinajstić information content (AvgIpc) is 2.59. The van der Waals surface area contributed by atoms with Crippen molar-refractivity contribution < 1.29 is 0 Å². The number of hydrogen-bond acceptors (Lipinski definition) is 2.